The van der Waals surface area contributed by atoms with Crippen molar-refractivity contribution in [1.82, 2.24) is 4.98 Å². The molecule has 0 unspecified atom stereocenters. The molecule has 0 radical (unpaired) electrons. The second-order valence-electron chi connectivity index (χ2n) is 7.56. The third kappa shape index (κ3) is 6.13. The molecule has 0 aliphatic heterocycles. The van der Waals surface area contributed by atoms with Crippen molar-refractivity contribution in [3.05, 3.63) is 89.0 Å². The van der Waals surface area contributed by atoms with E-state index in [1.165, 1.54) is 19.1 Å². The quantitative estimate of drug-likeness (QED) is 0.383. The normalized spacial score (nSPS) is 10.8. The van der Waals surface area contributed by atoms with Gasteiger partial charge in [-0.3, -0.25) is 14.2 Å². The number of amides is 1. The molecule has 0 saturated heterocycles. The molecule has 3 rings (SSSR count). The number of carbonyl (C=O) groups is 1. The molecule has 168 valence electrons. The fourth-order valence-electron chi connectivity index (χ4n) is 3.50. The molecule has 1 amide bonds. The predicted octanol–water partition coefficient (Wildman–Crippen LogP) is 5.67. The second kappa shape index (κ2) is 11.4. The molecule has 0 N–H and O–H groups in total. The first-order chi connectivity index (χ1) is 15.5. The zero-order valence-electron chi connectivity index (χ0n) is 18.5. The first-order valence-electron chi connectivity index (χ1n) is 10.8. The molecule has 32 heavy (non-hydrogen) atoms. The van der Waals surface area contributed by atoms with Gasteiger partial charge in [-0.2, -0.15) is 0 Å². The van der Waals surface area contributed by atoms with Gasteiger partial charge in [0.1, 0.15) is 11.6 Å². The molecule has 2 aromatic carbocycles. The van der Waals surface area contributed by atoms with Gasteiger partial charge in [-0.25, -0.2) is 4.39 Å². The Hall–Kier alpha value is -3.28. The summed E-state index contributed by atoms with van der Waals surface area (Å²) in [5, 5.41) is 0. The summed E-state index contributed by atoms with van der Waals surface area (Å²) in [5.74, 6) is 0.220. The Kier molecular flexibility index (Phi) is 8.31. The van der Waals surface area contributed by atoms with E-state index >= 15 is 0 Å². The molecule has 3 aromatic rings. The average molecular weight is 439 g/mol. The molecule has 0 aliphatic carbocycles. The average Bonchev–Trinajstić information content (AvgIpc) is 2.80. The molecule has 0 aliphatic rings. The van der Waals surface area contributed by atoms with Crippen molar-refractivity contribution in [3.8, 4) is 5.75 Å². The van der Waals surface area contributed by atoms with Crippen LogP contribution in [-0.4, -0.2) is 24.2 Å². The van der Waals surface area contributed by atoms with E-state index in [-0.39, 0.29) is 18.3 Å². The lowest BCUT2D eigenvalue weighted by atomic mass is 10.0. The molecule has 1 aromatic heterocycles. The van der Waals surface area contributed by atoms with Crippen LogP contribution in [0, 0.1) is 5.82 Å². The van der Waals surface area contributed by atoms with Crippen molar-refractivity contribution in [2.24, 2.45) is 0 Å². The summed E-state index contributed by atoms with van der Waals surface area (Å²) in [4.78, 5) is 18.8. The van der Waals surface area contributed by atoms with Gasteiger partial charge in [-0.1, -0.05) is 31.2 Å². The van der Waals surface area contributed by atoms with E-state index in [2.05, 4.69) is 11.9 Å². The Morgan fingerprint density at radius 1 is 1.09 bits per heavy atom. The van der Waals surface area contributed by atoms with Crippen LogP contribution in [0.4, 0.5) is 14.5 Å². The van der Waals surface area contributed by atoms with Gasteiger partial charge < -0.3 is 9.64 Å². The van der Waals surface area contributed by atoms with E-state index in [1.54, 1.807) is 29.3 Å². The number of benzene rings is 2. The van der Waals surface area contributed by atoms with Gasteiger partial charge in [0.05, 0.1) is 31.2 Å². The fraction of sp³-hybridized carbons (Fsp3) is 0.308. The smallest absolute Gasteiger partial charge is 0.224 e. The number of aromatic nitrogens is 1. The lowest BCUT2D eigenvalue weighted by Gasteiger charge is -2.25. The van der Waals surface area contributed by atoms with E-state index in [0.29, 0.717) is 30.8 Å². The van der Waals surface area contributed by atoms with Gasteiger partial charge in [0.25, 0.3) is 0 Å². The fourth-order valence-corrected chi connectivity index (χ4v) is 3.50. The lowest BCUT2D eigenvalue weighted by Crippen LogP contribution is -2.29. The largest absolute Gasteiger partial charge is 0.493 e. The summed E-state index contributed by atoms with van der Waals surface area (Å²) < 4.78 is 31.6. The van der Waals surface area contributed by atoms with Crippen LogP contribution in [0.3, 0.4) is 0 Å². The summed E-state index contributed by atoms with van der Waals surface area (Å²) in [5.41, 5.74) is 4.30. The monoisotopic (exact) mass is 438 g/mol. The highest BCUT2D eigenvalue weighted by Gasteiger charge is 2.19. The van der Waals surface area contributed by atoms with Crippen LogP contribution in [0.25, 0.3) is 0 Å². The van der Waals surface area contributed by atoms with Gasteiger partial charge in [0, 0.05) is 31.5 Å². The Bertz CT molecular complexity index is 1040. The molecule has 1 heterocycles. The maximum atomic E-state index is 13.3. The molecular weight excluding hydrogens is 410 g/mol. The molecule has 0 fully saturated rings. The summed E-state index contributed by atoms with van der Waals surface area (Å²) in [7, 11) is 0. The minimum atomic E-state index is -0.440. The van der Waals surface area contributed by atoms with Crippen LogP contribution in [0.1, 0.15) is 42.7 Å². The number of aryl methyl sites for hydroxylation is 1. The molecule has 0 spiro atoms. The number of halogens is 2. The Morgan fingerprint density at radius 3 is 2.53 bits per heavy atom. The summed E-state index contributed by atoms with van der Waals surface area (Å²) >= 11 is 0. The molecule has 6 heteroatoms. The van der Waals surface area contributed by atoms with Crippen LogP contribution in [0.2, 0.25) is 0 Å². The lowest BCUT2D eigenvalue weighted by molar-refractivity contribution is -0.116. The zero-order chi connectivity index (χ0) is 22.9. The minimum Gasteiger partial charge on any atom is -0.493 e. The van der Waals surface area contributed by atoms with Crippen molar-refractivity contribution in [2.45, 2.75) is 39.7 Å². The SMILES string of the molecule is CCc1ccc(OCCCF)c(CN(C(C)=O)c2cccnc2Cc2ccc(F)cc2)c1. The van der Waals surface area contributed by atoms with Crippen molar-refractivity contribution in [2.75, 3.05) is 18.2 Å². The summed E-state index contributed by atoms with van der Waals surface area (Å²) in [6, 6.07) is 15.8. The number of alkyl halides is 1. The van der Waals surface area contributed by atoms with E-state index < -0.39 is 6.67 Å². The summed E-state index contributed by atoms with van der Waals surface area (Å²) in [6.07, 6.45) is 3.31. The Balaban J connectivity index is 1.93. The van der Waals surface area contributed by atoms with E-state index in [4.69, 9.17) is 4.74 Å². The van der Waals surface area contributed by atoms with Gasteiger partial charge in [0.2, 0.25) is 5.91 Å². The third-order valence-electron chi connectivity index (χ3n) is 5.22. The molecule has 0 saturated carbocycles. The molecule has 4 nitrogen and oxygen atoms in total. The number of rotatable bonds is 10. The van der Waals surface area contributed by atoms with Crippen LogP contribution in [-0.2, 0) is 24.2 Å². The zero-order valence-corrected chi connectivity index (χ0v) is 18.5. The molecular formula is C26H28F2N2O2. The molecule has 0 atom stereocenters. The highest BCUT2D eigenvalue weighted by Crippen LogP contribution is 2.28. The number of anilines is 1. The Morgan fingerprint density at radius 2 is 1.84 bits per heavy atom. The van der Waals surface area contributed by atoms with Crippen molar-refractivity contribution in [1.29, 1.82) is 0 Å². The van der Waals surface area contributed by atoms with Crippen molar-refractivity contribution < 1.29 is 18.3 Å². The number of hydrogen-bond acceptors (Lipinski definition) is 3. The van der Waals surface area contributed by atoms with E-state index in [0.717, 1.165) is 28.8 Å². The molecule has 0 bridgehead atoms. The number of carbonyl (C=O) groups excluding carboxylic acids is 1. The van der Waals surface area contributed by atoms with Crippen LogP contribution >= 0.6 is 0 Å². The summed E-state index contributed by atoms with van der Waals surface area (Å²) in [6.45, 7) is 3.72. The van der Waals surface area contributed by atoms with E-state index in [1.807, 2.05) is 24.3 Å². The first-order valence-corrected chi connectivity index (χ1v) is 10.8. The van der Waals surface area contributed by atoms with Gasteiger partial charge in [-0.15, -0.1) is 0 Å². The van der Waals surface area contributed by atoms with Crippen LogP contribution < -0.4 is 9.64 Å². The standard InChI is InChI=1S/C26H28F2N2O2/c1-3-20-9-12-26(32-15-5-13-27)22(16-20)18-30(19(2)31)25-6-4-14-29-24(25)17-21-7-10-23(28)11-8-21/h4,6-12,14,16H,3,5,13,15,17-18H2,1-2H3. The number of ether oxygens (including phenoxy) is 1. The second-order valence-corrected chi connectivity index (χ2v) is 7.56. The highest BCUT2D eigenvalue weighted by atomic mass is 19.1. The van der Waals surface area contributed by atoms with Gasteiger partial charge in [-0.05, 0) is 47.9 Å². The number of nitrogens with zero attached hydrogens (tertiary/aromatic N) is 2. The van der Waals surface area contributed by atoms with E-state index in [9.17, 15) is 13.6 Å². The highest BCUT2D eigenvalue weighted by molar-refractivity contribution is 5.92. The maximum Gasteiger partial charge on any atom is 0.224 e. The maximum absolute atomic E-state index is 13.3. The first kappa shape index (κ1) is 23.4. The Labute approximate surface area is 187 Å². The van der Waals surface area contributed by atoms with Gasteiger partial charge in [0.15, 0.2) is 0 Å². The van der Waals surface area contributed by atoms with Crippen molar-refractivity contribution >= 4 is 11.6 Å². The number of pyridine rings is 1. The van der Waals surface area contributed by atoms with Gasteiger partial charge >= 0.3 is 0 Å². The topological polar surface area (TPSA) is 42.4 Å². The van der Waals surface area contributed by atoms with Crippen molar-refractivity contribution in [3.63, 3.8) is 0 Å². The van der Waals surface area contributed by atoms with Crippen LogP contribution in [0.15, 0.2) is 60.8 Å². The minimum absolute atomic E-state index is 0.130. The van der Waals surface area contributed by atoms with Crippen LogP contribution in [0.5, 0.6) is 5.75 Å². The predicted molar refractivity (Wildman–Crippen MR) is 122 cm³/mol. The third-order valence-corrected chi connectivity index (χ3v) is 5.22. The number of hydrogen-bond donors (Lipinski definition) is 0.